The molecule has 436 valence electrons. The zero-order valence-electron chi connectivity index (χ0n) is 50.1. The molecule has 4 N–H and O–H groups in total. The van der Waals surface area contributed by atoms with Crippen LogP contribution in [0, 0.1) is 0 Å². The lowest BCUT2D eigenvalue weighted by atomic mass is 10.0. The summed E-state index contributed by atoms with van der Waals surface area (Å²) in [4.78, 5) is 12.6. The minimum Gasteiger partial charge on any atom is -0.394 e. The lowest BCUT2D eigenvalue weighted by Gasteiger charge is -2.23. The molecule has 0 aliphatic rings. The van der Waals surface area contributed by atoms with Crippen LogP contribution >= 0.6 is 0 Å². The summed E-state index contributed by atoms with van der Waals surface area (Å²) >= 11 is 0. The molecule has 0 spiro atoms. The van der Waals surface area contributed by atoms with Crippen LogP contribution in [0.2, 0.25) is 0 Å². The number of carbonyl (C=O) groups excluding carboxylic acids is 1. The van der Waals surface area contributed by atoms with Gasteiger partial charge in [0.2, 0.25) is 5.91 Å². The van der Waals surface area contributed by atoms with Gasteiger partial charge in [0.15, 0.2) is 0 Å². The van der Waals surface area contributed by atoms with Crippen LogP contribution in [0.3, 0.4) is 0 Å². The largest absolute Gasteiger partial charge is 0.394 e. The molecule has 0 bridgehead atoms. The van der Waals surface area contributed by atoms with Crippen LogP contribution in [0.25, 0.3) is 0 Å². The number of rotatable bonds is 64. The van der Waals surface area contributed by atoms with Crippen molar-refractivity contribution in [3.05, 3.63) is 12.2 Å². The SMILES string of the molecule is CCCCCCCCCCCCCCCCCCCC/C=C\CCCCCCCCCCCCCCCCCC(O)CC(=O)NC(CO)C(O)CCCCCCCCCCCCCCCCCCCCCCC. The van der Waals surface area contributed by atoms with Crippen molar-refractivity contribution >= 4 is 5.91 Å². The molecule has 3 unspecified atom stereocenters. The van der Waals surface area contributed by atoms with E-state index in [4.69, 9.17) is 0 Å². The Hall–Kier alpha value is -0.910. The predicted octanol–water partition coefficient (Wildman–Crippen LogP) is 21.8. The van der Waals surface area contributed by atoms with Gasteiger partial charge in [-0.25, -0.2) is 0 Å². The molecule has 73 heavy (non-hydrogen) atoms. The van der Waals surface area contributed by atoms with E-state index in [0.29, 0.717) is 12.8 Å². The molecule has 0 aromatic carbocycles. The van der Waals surface area contributed by atoms with Crippen molar-refractivity contribution in [2.24, 2.45) is 0 Å². The van der Waals surface area contributed by atoms with E-state index in [2.05, 4.69) is 31.3 Å². The molecule has 1 amide bonds. The Kier molecular flexibility index (Phi) is 62.8. The quantitative estimate of drug-likeness (QED) is 0.0361. The van der Waals surface area contributed by atoms with Gasteiger partial charge in [-0.2, -0.15) is 0 Å². The number of carbonyl (C=O) groups is 1. The highest BCUT2D eigenvalue weighted by atomic mass is 16.3. The Morgan fingerprint density at radius 3 is 0.795 bits per heavy atom. The topological polar surface area (TPSA) is 89.8 Å². The highest BCUT2D eigenvalue weighted by Crippen LogP contribution is 2.19. The fraction of sp³-hybridized carbons (Fsp3) is 0.956. The van der Waals surface area contributed by atoms with Gasteiger partial charge in [-0.3, -0.25) is 4.79 Å². The zero-order chi connectivity index (χ0) is 52.9. The Balaban J connectivity index is 3.43. The molecule has 0 aliphatic heterocycles. The third kappa shape index (κ3) is 60.2. The lowest BCUT2D eigenvalue weighted by molar-refractivity contribution is -0.125. The number of unbranched alkanes of at least 4 members (excludes halogenated alkanes) is 53. The third-order valence-corrected chi connectivity index (χ3v) is 16.3. The molecule has 0 rings (SSSR count). The molecular weight excluding hydrogens is 895 g/mol. The summed E-state index contributed by atoms with van der Waals surface area (Å²) in [5.74, 6) is -0.274. The smallest absolute Gasteiger partial charge is 0.222 e. The molecule has 0 saturated heterocycles. The molecule has 0 radical (unpaired) electrons. The van der Waals surface area contributed by atoms with Crippen LogP contribution in [0.1, 0.15) is 393 Å². The molecule has 0 fully saturated rings. The molecule has 5 heteroatoms. The van der Waals surface area contributed by atoms with Crippen molar-refractivity contribution in [3.8, 4) is 0 Å². The van der Waals surface area contributed by atoms with Gasteiger partial charge >= 0.3 is 0 Å². The van der Waals surface area contributed by atoms with Crippen molar-refractivity contribution in [2.45, 2.75) is 411 Å². The summed E-state index contributed by atoms with van der Waals surface area (Å²) in [6.45, 7) is 4.32. The van der Waals surface area contributed by atoms with E-state index in [9.17, 15) is 20.1 Å². The standard InChI is InChI=1S/C68H135NO4/c1-3-5-7-9-11-13-15-17-19-21-23-25-26-27-28-29-30-31-32-33-34-35-36-37-38-39-40-42-43-45-47-49-51-53-55-57-59-61-65(71)63-68(73)69-66(64-70)67(72)62-60-58-56-54-52-50-48-46-44-41-24-22-20-18-16-14-12-10-8-6-4-2/h33-34,65-67,70-72H,3-32,35-64H2,1-2H3,(H,69,73)/b34-33-. The number of hydrogen-bond donors (Lipinski definition) is 4. The fourth-order valence-corrected chi connectivity index (χ4v) is 11.2. The Morgan fingerprint density at radius 1 is 0.329 bits per heavy atom. The monoisotopic (exact) mass is 1030 g/mol. The summed E-state index contributed by atoms with van der Waals surface area (Å²) in [5, 5.41) is 33.8. The Morgan fingerprint density at radius 2 is 0.548 bits per heavy atom. The number of nitrogens with one attached hydrogen (secondary N) is 1. The van der Waals surface area contributed by atoms with E-state index in [1.807, 2.05) is 0 Å². The summed E-state index contributed by atoms with van der Waals surface area (Å²) in [6.07, 6.45) is 81.4. The minimum absolute atomic E-state index is 0.0415. The first-order chi connectivity index (χ1) is 36.0. The van der Waals surface area contributed by atoms with Gasteiger partial charge < -0.3 is 20.6 Å². The van der Waals surface area contributed by atoms with Crippen molar-refractivity contribution in [2.75, 3.05) is 6.61 Å². The minimum atomic E-state index is -0.748. The summed E-state index contributed by atoms with van der Waals surface area (Å²) in [5.41, 5.74) is 0. The van der Waals surface area contributed by atoms with Crippen molar-refractivity contribution < 1.29 is 20.1 Å². The van der Waals surface area contributed by atoms with Crippen LogP contribution in [-0.2, 0) is 4.79 Å². The molecule has 0 aliphatic carbocycles. The second-order valence-electron chi connectivity index (χ2n) is 23.8. The van der Waals surface area contributed by atoms with E-state index in [1.165, 1.54) is 334 Å². The highest BCUT2D eigenvalue weighted by molar-refractivity contribution is 5.76. The van der Waals surface area contributed by atoms with Gasteiger partial charge in [-0.1, -0.05) is 360 Å². The third-order valence-electron chi connectivity index (χ3n) is 16.3. The molecule has 0 saturated carbocycles. The van der Waals surface area contributed by atoms with Gasteiger partial charge in [0.1, 0.15) is 0 Å². The van der Waals surface area contributed by atoms with Crippen molar-refractivity contribution in [1.82, 2.24) is 5.32 Å². The van der Waals surface area contributed by atoms with E-state index in [1.54, 1.807) is 0 Å². The molecule has 0 aromatic rings. The molecule has 0 heterocycles. The van der Waals surface area contributed by atoms with Crippen LogP contribution in [0.15, 0.2) is 12.2 Å². The summed E-state index contributed by atoms with van der Waals surface area (Å²) < 4.78 is 0. The number of allylic oxidation sites excluding steroid dienone is 2. The first-order valence-electron chi connectivity index (χ1n) is 34.0. The average Bonchev–Trinajstić information content (AvgIpc) is 3.39. The van der Waals surface area contributed by atoms with Crippen molar-refractivity contribution in [1.29, 1.82) is 0 Å². The number of hydrogen-bond acceptors (Lipinski definition) is 4. The molecular formula is C68H135NO4. The van der Waals surface area contributed by atoms with E-state index < -0.39 is 18.2 Å². The fourth-order valence-electron chi connectivity index (χ4n) is 11.2. The van der Waals surface area contributed by atoms with Crippen molar-refractivity contribution in [3.63, 3.8) is 0 Å². The Labute approximate surface area is 459 Å². The van der Waals surface area contributed by atoms with E-state index in [-0.39, 0.29) is 18.9 Å². The molecule has 5 nitrogen and oxygen atoms in total. The Bertz CT molecular complexity index is 1050. The van der Waals surface area contributed by atoms with Gasteiger partial charge in [-0.05, 0) is 38.5 Å². The maximum Gasteiger partial charge on any atom is 0.222 e. The van der Waals surface area contributed by atoms with Gasteiger partial charge in [0.05, 0.1) is 31.3 Å². The normalized spacial score (nSPS) is 13.1. The number of aliphatic hydroxyl groups is 3. The first-order valence-corrected chi connectivity index (χ1v) is 34.0. The highest BCUT2D eigenvalue weighted by Gasteiger charge is 2.21. The van der Waals surface area contributed by atoms with Crippen LogP contribution in [0.5, 0.6) is 0 Å². The molecule has 3 atom stereocenters. The van der Waals surface area contributed by atoms with Crippen LogP contribution in [-0.4, -0.2) is 46.1 Å². The maximum absolute atomic E-state index is 12.6. The van der Waals surface area contributed by atoms with E-state index in [0.717, 1.165) is 25.7 Å². The van der Waals surface area contributed by atoms with E-state index >= 15 is 0 Å². The molecule has 0 aromatic heterocycles. The van der Waals surface area contributed by atoms with Gasteiger partial charge in [-0.15, -0.1) is 0 Å². The number of amides is 1. The number of aliphatic hydroxyl groups excluding tert-OH is 3. The predicted molar refractivity (Wildman–Crippen MR) is 324 cm³/mol. The lowest BCUT2D eigenvalue weighted by Crippen LogP contribution is -2.46. The summed E-state index contributed by atoms with van der Waals surface area (Å²) in [7, 11) is 0. The second-order valence-corrected chi connectivity index (χ2v) is 23.8. The zero-order valence-corrected chi connectivity index (χ0v) is 50.1. The van der Waals surface area contributed by atoms with Gasteiger partial charge in [0, 0.05) is 0 Å². The summed E-state index contributed by atoms with van der Waals surface area (Å²) in [6, 6.07) is -0.657. The maximum atomic E-state index is 12.6. The van der Waals surface area contributed by atoms with Gasteiger partial charge in [0.25, 0.3) is 0 Å². The van der Waals surface area contributed by atoms with Crippen LogP contribution in [0.4, 0.5) is 0 Å². The second kappa shape index (κ2) is 63.6. The first kappa shape index (κ1) is 72.1. The average molecular weight is 1030 g/mol. The van der Waals surface area contributed by atoms with Crippen LogP contribution < -0.4 is 5.32 Å².